The summed E-state index contributed by atoms with van der Waals surface area (Å²) >= 11 is 0. The molecule has 4 aliphatic rings. The van der Waals surface area contributed by atoms with Gasteiger partial charge in [0.25, 0.3) is 0 Å². The maximum absolute atomic E-state index is 13.2. The highest BCUT2D eigenvalue weighted by atomic mass is 16.5. The Bertz CT molecular complexity index is 657. The van der Waals surface area contributed by atoms with Crippen molar-refractivity contribution < 1.29 is 23.9 Å². The first-order valence-electron chi connectivity index (χ1n) is 8.07. The fourth-order valence-corrected chi connectivity index (χ4v) is 5.19. The van der Waals surface area contributed by atoms with Crippen LogP contribution in [0, 0.1) is 0 Å². The molecule has 23 heavy (non-hydrogen) atoms. The van der Waals surface area contributed by atoms with Crippen LogP contribution in [0.4, 0.5) is 0 Å². The van der Waals surface area contributed by atoms with E-state index in [1.54, 1.807) is 4.90 Å². The summed E-state index contributed by atoms with van der Waals surface area (Å²) in [7, 11) is 2.59. The molecule has 124 valence electrons. The Balaban J connectivity index is 2.03. The average Bonchev–Trinajstić information content (AvgIpc) is 3.16. The van der Waals surface area contributed by atoms with Gasteiger partial charge in [-0.3, -0.25) is 9.69 Å². The fraction of sp³-hybridized carbons (Fsp3) is 0.688. The van der Waals surface area contributed by atoms with Crippen LogP contribution >= 0.6 is 0 Å². The van der Waals surface area contributed by atoms with Gasteiger partial charge in [0.05, 0.1) is 25.4 Å². The molecule has 3 fully saturated rings. The number of amides is 1. The molecule has 0 N–H and O–H groups in total. The van der Waals surface area contributed by atoms with Crippen molar-refractivity contribution in [3.8, 4) is 0 Å². The number of piperidine rings is 1. The number of hydrogen-bond donors (Lipinski definition) is 0. The molecule has 1 amide bonds. The summed E-state index contributed by atoms with van der Waals surface area (Å²) in [4.78, 5) is 42.1. The normalized spacial score (nSPS) is 35.4. The van der Waals surface area contributed by atoms with Crippen LogP contribution in [0.15, 0.2) is 11.1 Å². The minimum Gasteiger partial charge on any atom is -0.466 e. The van der Waals surface area contributed by atoms with E-state index in [9.17, 15) is 14.4 Å². The van der Waals surface area contributed by atoms with Crippen LogP contribution in [-0.2, 0) is 23.9 Å². The standard InChI is InChI=1S/C16H20N2O5/c1-22-12(19)10-11(13(20)23-2)16-7-3-4-8-17(16)14(21)15(10)6-5-9-18(15)16/h3-9H2,1-2H3. The molecule has 0 aromatic heterocycles. The number of hydrogen-bond acceptors (Lipinski definition) is 6. The third-order valence-corrected chi connectivity index (χ3v) is 5.87. The Morgan fingerprint density at radius 2 is 1.65 bits per heavy atom. The van der Waals surface area contributed by atoms with E-state index in [1.807, 2.05) is 0 Å². The molecule has 3 saturated heterocycles. The van der Waals surface area contributed by atoms with Gasteiger partial charge in [-0.05, 0) is 32.1 Å². The van der Waals surface area contributed by atoms with E-state index in [0.29, 0.717) is 31.5 Å². The summed E-state index contributed by atoms with van der Waals surface area (Å²) in [6.45, 7) is 1.31. The van der Waals surface area contributed by atoms with E-state index in [-0.39, 0.29) is 11.5 Å². The Hall–Kier alpha value is -1.89. The largest absolute Gasteiger partial charge is 0.466 e. The van der Waals surface area contributed by atoms with Crippen LogP contribution < -0.4 is 0 Å². The summed E-state index contributed by atoms with van der Waals surface area (Å²) in [5.74, 6) is -1.17. The molecule has 1 spiro atoms. The number of methoxy groups -OCH3 is 2. The van der Waals surface area contributed by atoms with E-state index in [2.05, 4.69) is 4.90 Å². The lowest BCUT2D eigenvalue weighted by Gasteiger charge is -2.45. The summed E-state index contributed by atoms with van der Waals surface area (Å²) in [6.07, 6.45) is 3.86. The molecule has 0 radical (unpaired) electrons. The van der Waals surface area contributed by atoms with Crippen LogP contribution in [0.2, 0.25) is 0 Å². The Kier molecular flexibility index (Phi) is 2.91. The van der Waals surface area contributed by atoms with Gasteiger partial charge >= 0.3 is 11.9 Å². The van der Waals surface area contributed by atoms with E-state index in [0.717, 1.165) is 19.3 Å². The summed E-state index contributed by atoms with van der Waals surface area (Å²) in [6, 6.07) is 0. The second-order valence-corrected chi connectivity index (χ2v) is 6.58. The first kappa shape index (κ1) is 14.7. The predicted molar refractivity (Wildman–Crippen MR) is 78.0 cm³/mol. The third-order valence-electron chi connectivity index (χ3n) is 5.87. The van der Waals surface area contributed by atoms with Crippen molar-refractivity contribution in [2.45, 2.75) is 43.3 Å². The topological polar surface area (TPSA) is 76.2 Å². The van der Waals surface area contributed by atoms with Gasteiger partial charge in [-0.15, -0.1) is 0 Å². The van der Waals surface area contributed by atoms with Gasteiger partial charge in [0.15, 0.2) is 0 Å². The van der Waals surface area contributed by atoms with Crippen molar-refractivity contribution in [1.29, 1.82) is 0 Å². The van der Waals surface area contributed by atoms with Crippen molar-refractivity contribution in [2.24, 2.45) is 0 Å². The van der Waals surface area contributed by atoms with Gasteiger partial charge in [-0.1, -0.05) is 0 Å². The Morgan fingerprint density at radius 1 is 0.957 bits per heavy atom. The van der Waals surface area contributed by atoms with E-state index in [4.69, 9.17) is 9.47 Å². The van der Waals surface area contributed by atoms with Gasteiger partial charge < -0.3 is 14.4 Å². The minimum absolute atomic E-state index is 0.0530. The van der Waals surface area contributed by atoms with Crippen molar-refractivity contribution >= 4 is 17.8 Å². The number of rotatable bonds is 2. The fourth-order valence-electron chi connectivity index (χ4n) is 5.19. The molecule has 0 aromatic carbocycles. The molecule has 2 atom stereocenters. The lowest BCUT2D eigenvalue weighted by molar-refractivity contribution is -0.146. The molecular formula is C16H20N2O5. The van der Waals surface area contributed by atoms with E-state index >= 15 is 0 Å². The van der Waals surface area contributed by atoms with Gasteiger partial charge in [-0.2, -0.15) is 0 Å². The third kappa shape index (κ3) is 1.38. The second-order valence-electron chi connectivity index (χ2n) is 6.58. The highest BCUT2D eigenvalue weighted by Crippen LogP contribution is 2.62. The zero-order valence-corrected chi connectivity index (χ0v) is 13.4. The number of carbonyl (C=O) groups excluding carboxylic acids is 3. The highest BCUT2D eigenvalue weighted by Gasteiger charge is 2.77. The van der Waals surface area contributed by atoms with Crippen molar-refractivity contribution in [3.05, 3.63) is 11.1 Å². The highest BCUT2D eigenvalue weighted by molar-refractivity contribution is 6.15. The number of ether oxygens (including phenoxy) is 2. The molecule has 2 bridgehead atoms. The smallest absolute Gasteiger partial charge is 0.338 e. The molecule has 0 aliphatic carbocycles. The number of carbonyl (C=O) groups is 3. The van der Waals surface area contributed by atoms with Crippen LogP contribution in [-0.4, -0.2) is 66.2 Å². The van der Waals surface area contributed by atoms with Crippen LogP contribution in [0.5, 0.6) is 0 Å². The maximum Gasteiger partial charge on any atom is 0.338 e. The van der Waals surface area contributed by atoms with Gasteiger partial charge in [-0.25, -0.2) is 9.59 Å². The molecule has 4 aliphatic heterocycles. The summed E-state index contributed by atoms with van der Waals surface area (Å²) < 4.78 is 9.92. The molecule has 0 saturated carbocycles. The minimum atomic E-state index is -1.03. The zero-order valence-electron chi connectivity index (χ0n) is 13.4. The van der Waals surface area contributed by atoms with Crippen molar-refractivity contribution in [2.75, 3.05) is 27.3 Å². The number of esters is 2. The van der Waals surface area contributed by atoms with Crippen molar-refractivity contribution in [3.63, 3.8) is 0 Å². The van der Waals surface area contributed by atoms with E-state index < -0.39 is 23.1 Å². The monoisotopic (exact) mass is 320 g/mol. The number of nitrogens with zero attached hydrogens (tertiary/aromatic N) is 2. The van der Waals surface area contributed by atoms with Gasteiger partial charge in [0.2, 0.25) is 5.91 Å². The molecule has 0 aromatic rings. The maximum atomic E-state index is 13.2. The first-order chi connectivity index (χ1) is 11.1. The molecular weight excluding hydrogens is 300 g/mol. The molecule has 4 heterocycles. The zero-order chi connectivity index (χ0) is 16.4. The SMILES string of the molecule is COC(=O)C1=C(C(=O)OC)C23CCCCN2C(=O)C12CCCN23. The van der Waals surface area contributed by atoms with Gasteiger partial charge in [0, 0.05) is 13.1 Å². The molecule has 2 unspecified atom stereocenters. The lowest BCUT2D eigenvalue weighted by atomic mass is 9.79. The Labute approximate surface area is 134 Å². The summed E-state index contributed by atoms with van der Waals surface area (Å²) in [5.41, 5.74) is -1.30. The quantitative estimate of drug-likeness (QED) is 0.677. The van der Waals surface area contributed by atoms with Crippen LogP contribution in [0.3, 0.4) is 0 Å². The molecule has 7 heteroatoms. The van der Waals surface area contributed by atoms with Crippen molar-refractivity contribution in [1.82, 2.24) is 9.80 Å². The van der Waals surface area contributed by atoms with Crippen LogP contribution in [0.1, 0.15) is 32.1 Å². The molecule has 7 nitrogen and oxygen atoms in total. The Morgan fingerprint density at radius 3 is 2.35 bits per heavy atom. The van der Waals surface area contributed by atoms with E-state index in [1.165, 1.54) is 14.2 Å². The first-order valence-corrected chi connectivity index (χ1v) is 8.07. The average molecular weight is 320 g/mol. The molecule has 4 rings (SSSR count). The summed E-state index contributed by atoms with van der Waals surface area (Å²) in [5, 5.41) is 0. The van der Waals surface area contributed by atoms with Crippen LogP contribution in [0.25, 0.3) is 0 Å². The lowest BCUT2D eigenvalue weighted by Crippen LogP contribution is -2.58. The predicted octanol–water partition coefficient (Wildman–Crippen LogP) is 0.200. The second kappa shape index (κ2) is 4.56. The van der Waals surface area contributed by atoms with Gasteiger partial charge in [0.1, 0.15) is 11.2 Å².